The van der Waals surface area contributed by atoms with E-state index in [9.17, 15) is 9.59 Å². The van der Waals surface area contributed by atoms with Crippen molar-refractivity contribution in [3.05, 3.63) is 28.8 Å². The molecule has 4 nitrogen and oxygen atoms in total. The molecule has 21 heavy (non-hydrogen) atoms. The van der Waals surface area contributed by atoms with Crippen LogP contribution in [-0.4, -0.2) is 18.4 Å². The number of nitrogens with one attached hydrogen (secondary N) is 1. The van der Waals surface area contributed by atoms with Gasteiger partial charge in [-0.1, -0.05) is 26.0 Å². The number of nitrogens with zero attached hydrogens (tertiary/aromatic N) is 1. The molecule has 2 rings (SSSR count). The van der Waals surface area contributed by atoms with Gasteiger partial charge in [0.1, 0.15) is 6.04 Å². The number of fused-ring (bicyclic) bond motifs is 1. The molecule has 0 aliphatic carbocycles. The highest BCUT2D eigenvalue weighted by Crippen LogP contribution is 2.40. The Kier molecular flexibility index (Phi) is 4.35. The molecule has 1 aliphatic heterocycles. The summed E-state index contributed by atoms with van der Waals surface area (Å²) in [5.41, 5.74) is 4.08. The van der Waals surface area contributed by atoms with Gasteiger partial charge in [0.2, 0.25) is 5.91 Å². The van der Waals surface area contributed by atoms with Gasteiger partial charge in [0, 0.05) is 19.0 Å². The summed E-state index contributed by atoms with van der Waals surface area (Å²) >= 11 is 0. The molecular formula is C17H24N2O2. The highest BCUT2D eigenvalue weighted by atomic mass is 16.2. The number of rotatable bonds is 4. The van der Waals surface area contributed by atoms with Gasteiger partial charge < -0.3 is 10.2 Å². The van der Waals surface area contributed by atoms with Crippen LogP contribution >= 0.6 is 0 Å². The Labute approximate surface area is 126 Å². The smallest absolute Gasteiger partial charge is 0.254 e. The van der Waals surface area contributed by atoms with Gasteiger partial charge in [-0.2, -0.15) is 0 Å². The highest BCUT2D eigenvalue weighted by molar-refractivity contribution is 6.07. The van der Waals surface area contributed by atoms with Crippen LogP contribution in [0.3, 0.4) is 0 Å². The summed E-state index contributed by atoms with van der Waals surface area (Å²) in [5, 5.41) is 2.80. The predicted octanol–water partition coefficient (Wildman–Crippen LogP) is 2.87. The third-order valence-corrected chi connectivity index (χ3v) is 3.99. The standard InChI is InChI=1S/C17H24N2O2/c1-10(2)8-9-19-16-12(4)7-6-11(3)14(16)15(17(19)21)18-13(5)20/h6-7,10,15H,8-9H2,1-5H3,(H,18,20). The molecule has 4 heteroatoms. The molecule has 0 saturated carbocycles. The second-order valence-corrected chi connectivity index (χ2v) is 6.27. The minimum absolute atomic E-state index is 0.0155. The van der Waals surface area contributed by atoms with Crippen molar-refractivity contribution in [2.24, 2.45) is 5.92 Å². The molecule has 0 spiro atoms. The van der Waals surface area contributed by atoms with Gasteiger partial charge >= 0.3 is 0 Å². The van der Waals surface area contributed by atoms with Gasteiger partial charge in [-0.3, -0.25) is 9.59 Å². The molecule has 1 aromatic rings. The summed E-state index contributed by atoms with van der Waals surface area (Å²) in [6, 6.07) is 3.52. The van der Waals surface area contributed by atoms with Gasteiger partial charge in [0.15, 0.2) is 0 Å². The number of carbonyl (C=O) groups is 2. The normalized spacial score (nSPS) is 17.3. The lowest BCUT2D eigenvalue weighted by atomic mass is 9.99. The Bertz CT molecular complexity index is 578. The molecule has 0 fully saturated rings. The lowest BCUT2D eigenvalue weighted by molar-refractivity contribution is -0.126. The van der Waals surface area contributed by atoms with Crippen LogP contribution in [-0.2, 0) is 9.59 Å². The number of carbonyl (C=O) groups excluding carboxylic acids is 2. The molecule has 0 bridgehead atoms. The fourth-order valence-corrected chi connectivity index (χ4v) is 2.88. The van der Waals surface area contributed by atoms with E-state index in [0.717, 1.165) is 28.8 Å². The zero-order valence-electron chi connectivity index (χ0n) is 13.5. The lowest BCUT2D eigenvalue weighted by Crippen LogP contribution is -2.37. The van der Waals surface area contributed by atoms with Crippen molar-refractivity contribution in [3.8, 4) is 0 Å². The number of benzene rings is 1. The van der Waals surface area contributed by atoms with Crippen LogP contribution in [0.25, 0.3) is 0 Å². The molecule has 1 atom stereocenters. The molecule has 1 N–H and O–H groups in total. The minimum atomic E-state index is -0.537. The SMILES string of the molecule is CC(=O)NC1C(=O)N(CCC(C)C)c2c(C)ccc(C)c21. The molecule has 1 aromatic carbocycles. The molecule has 0 saturated heterocycles. The van der Waals surface area contributed by atoms with Crippen molar-refractivity contribution in [1.82, 2.24) is 5.32 Å². The topological polar surface area (TPSA) is 49.4 Å². The maximum atomic E-state index is 12.7. The summed E-state index contributed by atoms with van der Waals surface area (Å²) in [6.07, 6.45) is 0.950. The number of hydrogen-bond donors (Lipinski definition) is 1. The molecule has 1 unspecified atom stereocenters. The summed E-state index contributed by atoms with van der Waals surface area (Å²) < 4.78 is 0. The van der Waals surface area contributed by atoms with E-state index in [1.165, 1.54) is 6.92 Å². The van der Waals surface area contributed by atoms with E-state index in [0.29, 0.717) is 12.5 Å². The molecule has 1 aliphatic rings. The van der Waals surface area contributed by atoms with E-state index in [2.05, 4.69) is 19.2 Å². The predicted molar refractivity (Wildman–Crippen MR) is 84.3 cm³/mol. The molecular weight excluding hydrogens is 264 g/mol. The zero-order valence-corrected chi connectivity index (χ0v) is 13.5. The third-order valence-electron chi connectivity index (χ3n) is 3.99. The van der Waals surface area contributed by atoms with E-state index < -0.39 is 6.04 Å². The van der Waals surface area contributed by atoms with Crippen molar-refractivity contribution >= 4 is 17.5 Å². The van der Waals surface area contributed by atoms with Gasteiger partial charge in [0.05, 0.1) is 5.69 Å². The Morgan fingerprint density at radius 1 is 1.29 bits per heavy atom. The number of aryl methyl sites for hydroxylation is 2. The van der Waals surface area contributed by atoms with E-state index in [-0.39, 0.29) is 11.8 Å². The quantitative estimate of drug-likeness (QED) is 0.926. The Hall–Kier alpha value is -1.84. The summed E-state index contributed by atoms with van der Waals surface area (Å²) in [5.74, 6) is 0.343. The summed E-state index contributed by atoms with van der Waals surface area (Å²) in [4.78, 5) is 26.0. The number of hydrogen-bond acceptors (Lipinski definition) is 2. The lowest BCUT2D eigenvalue weighted by Gasteiger charge is -2.20. The Morgan fingerprint density at radius 3 is 2.48 bits per heavy atom. The first-order valence-corrected chi connectivity index (χ1v) is 7.51. The zero-order chi connectivity index (χ0) is 15.7. The van der Waals surface area contributed by atoms with Crippen LogP contribution in [0.2, 0.25) is 0 Å². The van der Waals surface area contributed by atoms with Crippen molar-refractivity contribution in [2.75, 3.05) is 11.4 Å². The van der Waals surface area contributed by atoms with Crippen LogP contribution in [0, 0.1) is 19.8 Å². The van der Waals surface area contributed by atoms with Crippen molar-refractivity contribution < 1.29 is 9.59 Å². The molecule has 114 valence electrons. The number of anilines is 1. The van der Waals surface area contributed by atoms with Crippen molar-refractivity contribution in [3.63, 3.8) is 0 Å². The van der Waals surface area contributed by atoms with Gasteiger partial charge in [0.25, 0.3) is 5.91 Å². The number of amides is 2. The average molecular weight is 288 g/mol. The second-order valence-electron chi connectivity index (χ2n) is 6.27. The van der Waals surface area contributed by atoms with Crippen LogP contribution in [0.5, 0.6) is 0 Å². The second kappa shape index (κ2) is 5.88. The largest absolute Gasteiger partial charge is 0.341 e. The van der Waals surface area contributed by atoms with Crippen LogP contribution < -0.4 is 10.2 Å². The maximum absolute atomic E-state index is 12.7. The van der Waals surface area contributed by atoms with Crippen molar-refractivity contribution in [1.29, 1.82) is 0 Å². The summed E-state index contributed by atoms with van der Waals surface area (Å²) in [7, 11) is 0. The molecule has 2 amide bonds. The Morgan fingerprint density at radius 2 is 1.90 bits per heavy atom. The minimum Gasteiger partial charge on any atom is -0.341 e. The van der Waals surface area contributed by atoms with Crippen LogP contribution in [0.1, 0.15) is 49.9 Å². The summed E-state index contributed by atoms with van der Waals surface area (Å²) in [6.45, 7) is 10.5. The average Bonchev–Trinajstić information content (AvgIpc) is 2.66. The van der Waals surface area contributed by atoms with E-state index in [1.54, 1.807) is 0 Å². The first-order valence-electron chi connectivity index (χ1n) is 7.51. The van der Waals surface area contributed by atoms with Crippen molar-refractivity contribution in [2.45, 2.75) is 47.1 Å². The fourth-order valence-electron chi connectivity index (χ4n) is 2.88. The fraction of sp³-hybridized carbons (Fsp3) is 0.529. The molecule has 0 aromatic heterocycles. The van der Waals surface area contributed by atoms with E-state index in [4.69, 9.17) is 0 Å². The molecule has 0 radical (unpaired) electrons. The van der Waals surface area contributed by atoms with Gasteiger partial charge in [-0.15, -0.1) is 0 Å². The van der Waals surface area contributed by atoms with Gasteiger partial charge in [-0.05, 0) is 37.3 Å². The monoisotopic (exact) mass is 288 g/mol. The molecule has 1 heterocycles. The highest BCUT2D eigenvalue weighted by Gasteiger charge is 2.39. The first-order chi connectivity index (χ1) is 9.82. The third kappa shape index (κ3) is 2.94. The maximum Gasteiger partial charge on any atom is 0.254 e. The Balaban J connectivity index is 2.45. The van der Waals surface area contributed by atoms with E-state index in [1.807, 2.05) is 30.9 Å². The van der Waals surface area contributed by atoms with Crippen LogP contribution in [0.15, 0.2) is 12.1 Å². The first kappa shape index (κ1) is 15.5. The van der Waals surface area contributed by atoms with E-state index >= 15 is 0 Å². The van der Waals surface area contributed by atoms with Crippen LogP contribution in [0.4, 0.5) is 5.69 Å². The van der Waals surface area contributed by atoms with Gasteiger partial charge in [-0.25, -0.2) is 0 Å².